The summed E-state index contributed by atoms with van der Waals surface area (Å²) in [5.41, 5.74) is 12.0. The van der Waals surface area contributed by atoms with Crippen LogP contribution < -0.4 is 25.8 Å². The lowest BCUT2D eigenvalue weighted by Gasteiger charge is -2.33. The molecule has 3 aliphatic heterocycles. The van der Waals surface area contributed by atoms with Crippen molar-refractivity contribution >= 4 is 51.7 Å². The van der Waals surface area contributed by atoms with E-state index in [1.165, 1.54) is 28.5 Å². The summed E-state index contributed by atoms with van der Waals surface area (Å²) in [7, 11) is 6.01. The highest BCUT2D eigenvalue weighted by molar-refractivity contribution is 6.32. The van der Waals surface area contributed by atoms with E-state index in [-0.39, 0.29) is 5.92 Å². The van der Waals surface area contributed by atoms with Gasteiger partial charge in [-0.25, -0.2) is 4.98 Å². The summed E-state index contributed by atoms with van der Waals surface area (Å²) in [6, 6.07) is 13.2. The first-order valence-corrected chi connectivity index (χ1v) is 18.7. The van der Waals surface area contributed by atoms with Crippen LogP contribution in [0.25, 0.3) is 17.0 Å². The SMILES string of the molecule is C=C(CCC1=Cc2cc(Nc3nc(N4CCCC(CCc5ccc6c(C7CCC(=C)NC7=C)nn(C)c6c5)C4)ncc3Cl)ccc2N(C)C1=C)NC. The van der Waals surface area contributed by atoms with E-state index in [0.717, 1.165) is 103 Å². The van der Waals surface area contributed by atoms with Crippen LogP contribution in [0, 0.1) is 5.92 Å². The molecule has 52 heavy (non-hydrogen) atoms. The van der Waals surface area contributed by atoms with Gasteiger partial charge in [0.15, 0.2) is 5.82 Å². The van der Waals surface area contributed by atoms with Crippen LogP contribution in [-0.4, -0.2) is 46.9 Å². The smallest absolute Gasteiger partial charge is 0.227 e. The van der Waals surface area contributed by atoms with Gasteiger partial charge in [-0.3, -0.25) is 4.68 Å². The second-order valence-corrected chi connectivity index (χ2v) is 14.9. The van der Waals surface area contributed by atoms with Crippen LogP contribution >= 0.6 is 11.6 Å². The molecule has 4 aromatic rings. The van der Waals surface area contributed by atoms with Crippen molar-refractivity contribution in [3.63, 3.8) is 0 Å². The van der Waals surface area contributed by atoms with Gasteiger partial charge in [0, 0.05) is 85.3 Å². The quantitative estimate of drug-likeness (QED) is 0.142. The van der Waals surface area contributed by atoms with Gasteiger partial charge >= 0.3 is 0 Å². The van der Waals surface area contributed by atoms with Crippen molar-refractivity contribution < 1.29 is 0 Å². The molecular formula is C42H50ClN9. The third-order valence-corrected chi connectivity index (χ3v) is 11.2. The Morgan fingerprint density at radius 3 is 2.73 bits per heavy atom. The fourth-order valence-corrected chi connectivity index (χ4v) is 7.95. The van der Waals surface area contributed by atoms with Crippen LogP contribution in [-0.2, 0) is 13.5 Å². The molecule has 7 rings (SSSR count). The normalized spacial score (nSPS) is 19.0. The molecule has 2 aromatic carbocycles. The van der Waals surface area contributed by atoms with Crippen LogP contribution in [0.5, 0.6) is 0 Å². The van der Waals surface area contributed by atoms with Gasteiger partial charge in [-0.05, 0) is 98.8 Å². The average molecular weight is 716 g/mol. The van der Waals surface area contributed by atoms with Gasteiger partial charge in [-0.2, -0.15) is 10.1 Å². The van der Waals surface area contributed by atoms with E-state index in [4.69, 9.17) is 21.7 Å². The number of halogens is 1. The largest absolute Gasteiger partial charge is 0.392 e. The number of aryl methyl sites for hydroxylation is 2. The number of hydrogen-bond acceptors (Lipinski definition) is 8. The lowest BCUT2D eigenvalue weighted by atomic mass is 9.89. The van der Waals surface area contributed by atoms with Crippen molar-refractivity contribution in [3.8, 4) is 0 Å². The zero-order chi connectivity index (χ0) is 36.5. The lowest BCUT2D eigenvalue weighted by Crippen LogP contribution is -2.36. The van der Waals surface area contributed by atoms with Gasteiger partial charge in [-0.1, -0.05) is 50.0 Å². The molecular weight excluding hydrogens is 666 g/mol. The van der Waals surface area contributed by atoms with Crippen LogP contribution in [0.2, 0.25) is 5.02 Å². The number of nitrogens with one attached hydrogen (secondary N) is 3. The third kappa shape index (κ3) is 7.33. The van der Waals surface area contributed by atoms with Gasteiger partial charge in [0.05, 0.1) is 17.4 Å². The Labute approximate surface area is 312 Å². The number of rotatable bonds is 11. The summed E-state index contributed by atoms with van der Waals surface area (Å²) in [6.45, 7) is 18.6. The minimum absolute atomic E-state index is 0.199. The Kier molecular flexibility index (Phi) is 10.1. The molecule has 0 radical (unpaired) electrons. The lowest BCUT2D eigenvalue weighted by molar-refractivity contribution is 0.388. The van der Waals surface area contributed by atoms with Crippen molar-refractivity contribution in [3.05, 3.63) is 119 Å². The Morgan fingerprint density at radius 1 is 1.08 bits per heavy atom. The number of hydrogen-bond donors (Lipinski definition) is 3. The highest BCUT2D eigenvalue weighted by Crippen LogP contribution is 2.39. The summed E-state index contributed by atoms with van der Waals surface area (Å²) in [5.74, 6) is 2.07. The standard InChI is InChI=1S/C42H50ClN9/c1-26(44-5)10-15-32-22-33-23-34(16-19-38(33)50(6)29(32)4)47-41-37(43)24-45-42(48-41)52-20-8-9-31(25-52)13-12-30-14-18-36-39(21-30)51(7)49-40(36)35-17-11-27(2)46-28(35)3/h14,16,18-19,21-24,31,35,44,46H,1-4,8-13,15,17,20,25H2,5-7H3,(H,45,47,48). The second-order valence-electron chi connectivity index (χ2n) is 14.5. The molecule has 2 unspecified atom stereocenters. The number of allylic oxidation sites excluding steroid dienone is 4. The summed E-state index contributed by atoms with van der Waals surface area (Å²) in [6.07, 6.45) is 12.0. The van der Waals surface area contributed by atoms with Gasteiger partial charge < -0.3 is 25.8 Å². The maximum Gasteiger partial charge on any atom is 0.227 e. The summed E-state index contributed by atoms with van der Waals surface area (Å²) in [5, 5.41) is 16.6. The monoisotopic (exact) mass is 715 g/mol. The van der Waals surface area contributed by atoms with Gasteiger partial charge in [-0.15, -0.1) is 0 Å². The first kappa shape index (κ1) is 35.4. The van der Waals surface area contributed by atoms with Crippen LogP contribution in [0.3, 0.4) is 0 Å². The predicted octanol–water partition coefficient (Wildman–Crippen LogP) is 8.96. The molecule has 0 spiro atoms. The molecule has 9 nitrogen and oxygen atoms in total. The minimum Gasteiger partial charge on any atom is -0.392 e. The zero-order valence-corrected chi connectivity index (χ0v) is 31.5. The fourth-order valence-electron chi connectivity index (χ4n) is 7.81. The van der Waals surface area contributed by atoms with Gasteiger partial charge in [0.2, 0.25) is 5.95 Å². The summed E-state index contributed by atoms with van der Waals surface area (Å²) < 4.78 is 2.02. The topological polar surface area (TPSA) is 86.2 Å². The van der Waals surface area contributed by atoms with E-state index in [0.29, 0.717) is 22.7 Å². The van der Waals surface area contributed by atoms with Crippen LogP contribution in [0.1, 0.15) is 67.7 Å². The van der Waals surface area contributed by atoms with E-state index in [2.05, 4.69) is 107 Å². The fraction of sp³-hybridized carbons (Fsp3) is 0.357. The number of nitrogens with zero attached hydrogens (tertiary/aromatic N) is 6. The van der Waals surface area contributed by atoms with Crippen LogP contribution in [0.15, 0.2) is 97.3 Å². The number of piperidine rings is 2. The molecule has 2 fully saturated rings. The molecule has 270 valence electrons. The second kappa shape index (κ2) is 14.9. The van der Waals surface area contributed by atoms with Gasteiger partial charge in [0.25, 0.3) is 0 Å². The zero-order valence-electron chi connectivity index (χ0n) is 30.7. The van der Waals surface area contributed by atoms with Crippen molar-refractivity contribution in [1.29, 1.82) is 0 Å². The molecule has 3 aliphatic rings. The summed E-state index contributed by atoms with van der Waals surface area (Å²) >= 11 is 6.67. The molecule has 3 N–H and O–H groups in total. The predicted molar refractivity (Wildman–Crippen MR) is 217 cm³/mol. The van der Waals surface area contributed by atoms with Crippen molar-refractivity contribution in [2.24, 2.45) is 13.0 Å². The van der Waals surface area contributed by atoms with Crippen molar-refractivity contribution in [2.45, 2.75) is 57.3 Å². The third-order valence-electron chi connectivity index (χ3n) is 10.9. The molecule has 0 saturated carbocycles. The van der Waals surface area contributed by atoms with E-state index in [1.807, 2.05) is 18.8 Å². The van der Waals surface area contributed by atoms with Gasteiger partial charge in [0.1, 0.15) is 5.02 Å². The number of likely N-dealkylation sites (N-methyl/N-ethyl adjacent to an activating group) is 1. The van der Waals surface area contributed by atoms with Crippen molar-refractivity contribution in [2.75, 3.05) is 42.3 Å². The maximum atomic E-state index is 6.67. The van der Waals surface area contributed by atoms with E-state index < -0.39 is 0 Å². The Bertz CT molecular complexity index is 2090. The Hall–Kier alpha value is -5.02. The Morgan fingerprint density at radius 2 is 1.92 bits per heavy atom. The number of benzene rings is 2. The van der Waals surface area contributed by atoms with E-state index in [1.54, 1.807) is 6.20 Å². The molecule has 2 aromatic heterocycles. The number of anilines is 4. The van der Waals surface area contributed by atoms with E-state index >= 15 is 0 Å². The highest BCUT2D eigenvalue weighted by Gasteiger charge is 2.27. The first-order chi connectivity index (χ1) is 25.1. The first-order valence-electron chi connectivity index (χ1n) is 18.3. The number of fused-ring (bicyclic) bond motifs is 2. The molecule has 0 aliphatic carbocycles. The molecule has 0 amide bonds. The summed E-state index contributed by atoms with van der Waals surface area (Å²) in [4.78, 5) is 14.1. The molecule has 5 heterocycles. The molecule has 10 heteroatoms. The molecule has 2 atom stereocenters. The maximum absolute atomic E-state index is 6.67. The highest BCUT2D eigenvalue weighted by atomic mass is 35.5. The minimum atomic E-state index is 0.199. The van der Waals surface area contributed by atoms with Crippen molar-refractivity contribution in [1.82, 2.24) is 30.4 Å². The number of aromatic nitrogens is 4. The van der Waals surface area contributed by atoms with Crippen LogP contribution in [0.4, 0.5) is 23.1 Å². The molecule has 2 saturated heterocycles. The van der Waals surface area contributed by atoms with E-state index in [9.17, 15) is 0 Å². The average Bonchev–Trinajstić information content (AvgIpc) is 3.47. The Balaban J connectivity index is 1.01. The molecule has 0 bridgehead atoms.